The van der Waals surface area contributed by atoms with E-state index in [1.54, 1.807) is 0 Å². The minimum absolute atomic E-state index is 0.0690. The summed E-state index contributed by atoms with van der Waals surface area (Å²) in [4.78, 5) is 17.0. The van der Waals surface area contributed by atoms with Crippen LogP contribution in [0.2, 0.25) is 0 Å². The number of nitrogens with one attached hydrogen (secondary N) is 1. The monoisotopic (exact) mass is 449 g/mol. The van der Waals surface area contributed by atoms with Gasteiger partial charge in [-0.3, -0.25) is 4.79 Å². The summed E-state index contributed by atoms with van der Waals surface area (Å²) in [6.07, 6.45) is 3.84. The first-order valence-corrected chi connectivity index (χ1v) is 12.2. The highest BCUT2D eigenvalue weighted by Gasteiger charge is 2.20. The lowest BCUT2D eigenvalue weighted by molar-refractivity contribution is -0.128. The van der Waals surface area contributed by atoms with E-state index in [4.69, 9.17) is 9.72 Å². The van der Waals surface area contributed by atoms with Crippen LogP contribution in [0, 0.1) is 5.41 Å². The molecule has 0 saturated carbocycles. The molecule has 0 fully saturated rings. The summed E-state index contributed by atoms with van der Waals surface area (Å²) in [6, 6.07) is 16.7. The summed E-state index contributed by atoms with van der Waals surface area (Å²) in [5.74, 6) is 2.61. The number of para-hydroxylation sites is 2. The van der Waals surface area contributed by atoms with Crippen molar-refractivity contribution in [1.82, 2.24) is 14.9 Å². The van der Waals surface area contributed by atoms with E-state index < -0.39 is 0 Å². The van der Waals surface area contributed by atoms with Crippen molar-refractivity contribution in [1.29, 1.82) is 0 Å². The fraction of sp³-hybridized carbons (Fsp3) is 0.500. The Morgan fingerprint density at radius 2 is 1.82 bits per heavy atom. The van der Waals surface area contributed by atoms with Crippen LogP contribution < -0.4 is 10.1 Å². The number of aromatic nitrogens is 2. The van der Waals surface area contributed by atoms with E-state index in [0.717, 1.165) is 54.8 Å². The predicted octanol–water partition coefficient (Wildman–Crippen LogP) is 6.11. The van der Waals surface area contributed by atoms with Crippen molar-refractivity contribution < 1.29 is 9.53 Å². The van der Waals surface area contributed by atoms with E-state index >= 15 is 0 Å². The van der Waals surface area contributed by atoms with Gasteiger partial charge in [-0.05, 0) is 55.0 Å². The largest absolute Gasteiger partial charge is 0.494 e. The Labute approximate surface area is 198 Å². The summed E-state index contributed by atoms with van der Waals surface area (Å²) in [7, 11) is 0. The summed E-state index contributed by atoms with van der Waals surface area (Å²) < 4.78 is 8.25. The van der Waals surface area contributed by atoms with Gasteiger partial charge in [0.05, 0.1) is 17.6 Å². The standard InChI is InChI=1S/C28H39N3O2/c1-6-21(2)22-13-15-23(16-14-22)33-20-10-9-19-31-25-12-8-7-11-24(25)30-26(31)17-18-29-27(32)28(3,4)5/h7-8,11-16,21H,6,9-10,17-20H2,1-5H3,(H,29,32). The van der Waals surface area contributed by atoms with Crippen molar-refractivity contribution in [3.63, 3.8) is 0 Å². The second-order valence-electron chi connectivity index (χ2n) is 9.86. The molecule has 0 spiro atoms. The van der Waals surface area contributed by atoms with Crippen LogP contribution in [0.4, 0.5) is 0 Å². The third-order valence-corrected chi connectivity index (χ3v) is 6.16. The van der Waals surface area contributed by atoms with Gasteiger partial charge in [-0.25, -0.2) is 4.98 Å². The number of amides is 1. The number of aryl methyl sites for hydroxylation is 1. The molecular formula is C28H39N3O2. The van der Waals surface area contributed by atoms with Gasteiger partial charge in [0.2, 0.25) is 5.91 Å². The maximum atomic E-state index is 12.2. The van der Waals surface area contributed by atoms with Gasteiger partial charge in [0.25, 0.3) is 0 Å². The second kappa shape index (κ2) is 11.4. The molecule has 178 valence electrons. The fourth-order valence-corrected chi connectivity index (χ4v) is 3.81. The first kappa shape index (κ1) is 24.8. The SMILES string of the molecule is CCC(C)c1ccc(OCCCCn2c(CCNC(=O)C(C)(C)C)nc3ccccc32)cc1. The number of carbonyl (C=O) groups is 1. The lowest BCUT2D eigenvalue weighted by Crippen LogP contribution is -2.36. The van der Waals surface area contributed by atoms with Crippen LogP contribution >= 0.6 is 0 Å². The maximum Gasteiger partial charge on any atom is 0.225 e. The molecule has 0 aliphatic heterocycles. The van der Waals surface area contributed by atoms with Crippen LogP contribution in [0.5, 0.6) is 5.75 Å². The number of benzene rings is 2. The highest BCUT2D eigenvalue weighted by Crippen LogP contribution is 2.22. The number of unbranched alkanes of at least 4 members (excludes halogenated alkanes) is 1. The van der Waals surface area contributed by atoms with Crippen molar-refractivity contribution in [3.05, 3.63) is 59.9 Å². The highest BCUT2D eigenvalue weighted by molar-refractivity contribution is 5.81. The molecule has 33 heavy (non-hydrogen) atoms. The smallest absolute Gasteiger partial charge is 0.225 e. The van der Waals surface area contributed by atoms with Gasteiger partial charge in [0.15, 0.2) is 0 Å². The van der Waals surface area contributed by atoms with Crippen molar-refractivity contribution >= 4 is 16.9 Å². The molecule has 0 bridgehead atoms. The average molecular weight is 450 g/mol. The minimum Gasteiger partial charge on any atom is -0.494 e. The molecule has 1 N–H and O–H groups in total. The fourth-order valence-electron chi connectivity index (χ4n) is 3.81. The van der Waals surface area contributed by atoms with Gasteiger partial charge in [0.1, 0.15) is 11.6 Å². The molecule has 0 aliphatic carbocycles. The summed E-state index contributed by atoms with van der Waals surface area (Å²) in [5.41, 5.74) is 3.14. The molecule has 0 saturated heterocycles. The molecule has 1 atom stereocenters. The molecule has 1 amide bonds. The Bertz CT molecular complexity index is 1030. The minimum atomic E-state index is -0.380. The van der Waals surface area contributed by atoms with Crippen molar-refractivity contribution in [2.45, 2.75) is 72.8 Å². The van der Waals surface area contributed by atoms with Crippen LogP contribution in [0.15, 0.2) is 48.5 Å². The number of rotatable bonds is 11. The zero-order valence-corrected chi connectivity index (χ0v) is 20.9. The molecule has 2 aromatic carbocycles. The third kappa shape index (κ3) is 6.83. The zero-order chi connectivity index (χ0) is 23.8. The van der Waals surface area contributed by atoms with E-state index in [9.17, 15) is 4.79 Å². The number of hydrogen-bond donors (Lipinski definition) is 1. The number of imidazole rings is 1. The lowest BCUT2D eigenvalue weighted by Gasteiger charge is -2.17. The molecule has 1 heterocycles. The number of fused-ring (bicyclic) bond motifs is 1. The summed E-state index contributed by atoms with van der Waals surface area (Å²) in [5, 5.41) is 3.04. The van der Waals surface area contributed by atoms with Gasteiger partial charge >= 0.3 is 0 Å². The third-order valence-electron chi connectivity index (χ3n) is 6.16. The zero-order valence-electron chi connectivity index (χ0n) is 20.9. The molecule has 0 aliphatic rings. The average Bonchev–Trinajstić information content (AvgIpc) is 3.15. The van der Waals surface area contributed by atoms with E-state index in [1.165, 1.54) is 5.56 Å². The quantitative estimate of drug-likeness (QED) is 0.359. The van der Waals surface area contributed by atoms with Crippen LogP contribution in [-0.4, -0.2) is 28.6 Å². The van der Waals surface area contributed by atoms with Gasteiger partial charge in [0, 0.05) is 24.9 Å². The van der Waals surface area contributed by atoms with Gasteiger partial charge < -0.3 is 14.6 Å². The predicted molar refractivity (Wildman–Crippen MR) is 136 cm³/mol. The Hall–Kier alpha value is -2.82. The van der Waals surface area contributed by atoms with E-state index in [2.05, 4.69) is 66.2 Å². The van der Waals surface area contributed by atoms with E-state index in [1.807, 2.05) is 26.8 Å². The number of carbonyl (C=O) groups excluding carboxylic acids is 1. The van der Waals surface area contributed by atoms with Gasteiger partial charge in [-0.2, -0.15) is 0 Å². The van der Waals surface area contributed by atoms with Crippen molar-refractivity contribution in [2.24, 2.45) is 5.41 Å². The van der Waals surface area contributed by atoms with Gasteiger partial charge in [-0.15, -0.1) is 0 Å². The first-order valence-electron chi connectivity index (χ1n) is 12.2. The van der Waals surface area contributed by atoms with Crippen molar-refractivity contribution in [3.8, 4) is 5.75 Å². The molecule has 1 aromatic heterocycles. The molecule has 3 rings (SSSR count). The number of nitrogens with zero attached hydrogens (tertiary/aromatic N) is 2. The number of ether oxygens (including phenoxy) is 1. The van der Waals surface area contributed by atoms with Crippen LogP contribution in [0.3, 0.4) is 0 Å². The number of hydrogen-bond acceptors (Lipinski definition) is 3. The molecule has 5 nitrogen and oxygen atoms in total. The normalized spacial score (nSPS) is 12.6. The van der Waals surface area contributed by atoms with E-state index in [-0.39, 0.29) is 11.3 Å². The summed E-state index contributed by atoms with van der Waals surface area (Å²) in [6.45, 7) is 12.4. The summed E-state index contributed by atoms with van der Waals surface area (Å²) >= 11 is 0. The topological polar surface area (TPSA) is 56.1 Å². The van der Waals surface area contributed by atoms with E-state index in [0.29, 0.717) is 19.1 Å². The molecular weight excluding hydrogens is 410 g/mol. The second-order valence-corrected chi connectivity index (χ2v) is 9.86. The Morgan fingerprint density at radius 3 is 2.52 bits per heavy atom. The molecule has 1 unspecified atom stereocenters. The molecule has 3 aromatic rings. The Balaban J connectivity index is 1.53. The van der Waals surface area contributed by atoms with Crippen LogP contribution in [0.1, 0.15) is 71.2 Å². The molecule has 5 heteroatoms. The maximum absolute atomic E-state index is 12.2. The van der Waals surface area contributed by atoms with Gasteiger partial charge in [-0.1, -0.05) is 58.9 Å². The van der Waals surface area contributed by atoms with Crippen LogP contribution in [-0.2, 0) is 17.8 Å². The van der Waals surface area contributed by atoms with Crippen molar-refractivity contribution in [2.75, 3.05) is 13.2 Å². The lowest BCUT2D eigenvalue weighted by atomic mass is 9.96. The first-order chi connectivity index (χ1) is 15.8. The Kier molecular flexibility index (Phi) is 8.54. The highest BCUT2D eigenvalue weighted by atomic mass is 16.5. The Morgan fingerprint density at radius 1 is 1.09 bits per heavy atom. The van der Waals surface area contributed by atoms with Crippen LogP contribution in [0.25, 0.3) is 11.0 Å². The molecule has 0 radical (unpaired) electrons.